The third kappa shape index (κ3) is 4.55. The number of halogens is 2. The van der Waals surface area contributed by atoms with Crippen LogP contribution in [-0.4, -0.2) is 48.5 Å². The minimum Gasteiger partial charge on any atom is -0.382 e. The maximum absolute atomic E-state index is 14.1. The number of tetrazole rings is 1. The molecule has 0 bridgehead atoms. The first-order valence-electron chi connectivity index (χ1n) is 10.7. The minimum absolute atomic E-state index is 0.317. The fourth-order valence-electron chi connectivity index (χ4n) is 4.36. The van der Waals surface area contributed by atoms with Crippen LogP contribution in [0.5, 0.6) is 0 Å². The van der Waals surface area contributed by atoms with E-state index in [0.29, 0.717) is 24.5 Å². The number of nitrogens with zero attached hydrogens (tertiary/aromatic N) is 5. The predicted octanol–water partition coefficient (Wildman–Crippen LogP) is 4.49. The molecule has 2 unspecified atom stereocenters. The van der Waals surface area contributed by atoms with E-state index in [1.165, 1.54) is 11.7 Å². The lowest BCUT2D eigenvalue weighted by Gasteiger charge is -2.36. The summed E-state index contributed by atoms with van der Waals surface area (Å²) in [5.41, 5.74) is 2.24. The van der Waals surface area contributed by atoms with E-state index >= 15 is 0 Å². The Balaban J connectivity index is 1.33. The molecule has 1 spiro atoms. The second-order valence-corrected chi connectivity index (χ2v) is 10.9. The molecule has 3 heterocycles. The van der Waals surface area contributed by atoms with E-state index in [-0.39, 0.29) is 0 Å². The summed E-state index contributed by atoms with van der Waals surface area (Å²) in [4.78, 5) is 1.49. The van der Waals surface area contributed by atoms with Crippen LogP contribution >= 0.6 is 22.6 Å². The topological polar surface area (TPSA) is 75.9 Å². The summed E-state index contributed by atoms with van der Waals surface area (Å²) in [5, 5.41) is 27.5. The number of anilines is 2. The number of rotatable bonds is 6. The molecule has 3 aromatic rings. The predicted molar refractivity (Wildman–Crippen MR) is 129 cm³/mol. The van der Waals surface area contributed by atoms with Crippen LogP contribution in [0, 0.1) is 0 Å². The molecular weight excluding hydrogens is 522 g/mol. The molecule has 0 saturated carbocycles. The molecule has 2 aliphatic rings. The smallest absolute Gasteiger partial charge is 0.207 e. The molecule has 0 radical (unpaired) electrons. The lowest BCUT2D eigenvalue weighted by atomic mass is 9.93. The van der Waals surface area contributed by atoms with E-state index < -0.39 is 9.28 Å². The fourth-order valence-corrected chi connectivity index (χ4v) is 4.72. The van der Waals surface area contributed by atoms with Gasteiger partial charge in [-0.2, -0.15) is 4.80 Å². The largest absolute Gasteiger partial charge is 0.382 e. The molecule has 32 heavy (non-hydrogen) atoms. The molecule has 1 saturated heterocycles. The van der Waals surface area contributed by atoms with Gasteiger partial charge in [0.25, 0.3) is 0 Å². The van der Waals surface area contributed by atoms with E-state index in [0.717, 1.165) is 40.8 Å². The quantitative estimate of drug-likeness (QED) is 0.271. The van der Waals surface area contributed by atoms with Gasteiger partial charge in [-0.3, -0.25) is 4.48 Å². The van der Waals surface area contributed by atoms with Crippen molar-refractivity contribution in [2.24, 2.45) is 0 Å². The Morgan fingerprint density at radius 2 is 1.97 bits per heavy atom. The number of piperidine rings is 1. The second-order valence-electron chi connectivity index (χ2n) is 8.89. The SMILES string of the molecule is CC(F)(I)c1ccc(Nc2ccccc2-c2nnn(CC3(O)CCC[N+]4(C=C4)C3)n2)cc1. The van der Waals surface area contributed by atoms with Gasteiger partial charge in [0, 0.05) is 23.4 Å². The summed E-state index contributed by atoms with van der Waals surface area (Å²) in [6, 6.07) is 15.0. The van der Waals surface area contributed by atoms with Crippen molar-refractivity contribution in [3.63, 3.8) is 0 Å². The van der Waals surface area contributed by atoms with Crippen LogP contribution in [0.2, 0.25) is 0 Å². The summed E-state index contributed by atoms with van der Waals surface area (Å²) < 4.78 is 13.5. The molecule has 5 rings (SSSR count). The zero-order valence-corrected chi connectivity index (χ0v) is 19.9. The van der Waals surface area contributed by atoms with Crippen molar-refractivity contribution in [3.8, 4) is 11.4 Å². The normalized spacial score (nSPS) is 23.1. The number of benzene rings is 2. The Morgan fingerprint density at radius 3 is 2.69 bits per heavy atom. The van der Waals surface area contributed by atoms with Gasteiger partial charge in [0.15, 0.2) is 16.1 Å². The first-order valence-corrected chi connectivity index (χ1v) is 11.7. The number of aliphatic hydroxyl groups is 1. The number of quaternary nitrogens is 1. The van der Waals surface area contributed by atoms with Crippen LogP contribution in [0.3, 0.4) is 0 Å². The number of aromatic nitrogens is 4. The van der Waals surface area contributed by atoms with Gasteiger partial charge < -0.3 is 10.4 Å². The molecule has 2 aliphatic heterocycles. The van der Waals surface area contributed by atoms with Gasteiger partial charge in [-0.25, -0.2) is 4.39 Å². The van der Waals surface area contributed by atoms with E-state index in [1.807, 2.05) is 36.4 Å². The number of nitrogens with one attached hydrogen (secondary N) is 1. The average Bonchev–Trinajstić information content (AvgIpc) is 3.31. The van der Waals surface area contributed by atoms with Gasteiger partial charge in [-0.05, 0) is 71.0 Å². The van der Waals surface area contributed by atoms with Crippen molar-refractivity contribution in [2.45, 2.75) is 35.6 Å². The van der Waals surface area contributed by atoms with Gasteiger partial charge in [0.2, 0.25) is 5.82 Å². The Bertz CT molecular complexity index is 1150. The van der Waals surface area contributed by atoms with Gasteiger partial charge in [-0.1, -0.05) is 24.3 Å². The third-order valence-electron chi connectivity index (χ3n) is 6.10. The molecule has 166 valence electrons. The van der Waals surface area contributed by atoms with Crippen molar-refractivity contribution in [3.05, 3.63) is 66.5 Å². The maximum Gasteiger partial charge on any atom is 0.207 e. The zero-order chi connectivity index (χ0) is 22.4. The molecule has 0 amide bonds. The van der Waals surface area contributed by atoms with Gasteiger partial charge >= 0.3 is 0 Å². The molecule has 1 aromatic heterocycles. The highest BCUT2D eigenvalue weighted by Gasteiger charge is 2.48. The highest BCUT2D eigenvalue weighted by atomic mass is 127. The summed E-state index contributed by atoms with van der Waals surface area (Å²) >= 11 is 1.78. The lowest BCUT2D eigenvalue weighted by molar-refractivity contribution is -0.785. The van der Waals surface area contributed by atoms with Crippen molar-refractivity contribution >= 4 is 34.0 Å². The van der Waals surface area contributed by atoms with E-state index in [2.05, 4.69) is 33.1 Å². The monoisotopic (exact) mass is 547 g/mol. The van der Waals surface area contributed by atoms with E-state index in [1.54, 1.807) is 34.7 Å². The number of para-hydroxylation sites is 1. The standard InChI is InChI=1S/C23H25FIN6O/c1-22(24,25)17-7-9-18(10-8-17)26-20-6-3-2-5-19(20)21-27-29-30(28-21)15-23(32)11-4-12-31(16-23)13-14-31/h2-3,5-10,13-14,26,32H,4,11-12,15-16H2,1H3/q+1. The van der Waals surface area contributed by atoms with Crippen LogP contribution < -0.4 is 5.32 Å². The molecule has 7 nitrogen and oxygen atoms in total. The Labute approximate surface area is 199 Å². The highest BCUT2D eigenvalue weighted by molar-refractivity contribution is 14.1. The van der Waals surface area contributed by atoms with Crippen molar-refractivity contribution in [1.82, 2.24) is 20.2 Å². The summed E-state index contributed by atoms with van der Waals surface area (Å²) in [5.74, 6) is 0.487. The molecular formula is C23H25FIN6O+. The third-order valence-corrected chi connectivity index (χ3v) is 6.73. The summed E-state index contributed by atoms with van der Waals surface area (Å²) in [6.45, 7) is 3.56. The zero-order valence-electron chi connectivity index (χ0n) is 17.7. The van der Waals surface area contributed by atoms with Gasteiger partial charge in [0.1, 0.15) is 12.1 Å². The first kappa shape index (κ1) is 21.5. The van der Waals surface area contributed by atoms with E-state index in [9.17, 15) is 9.50 Å². The molecule has 0 aliphatic carbocycles. The minimum atomic E-state index is -1.41. The fraction of sp³-hybridized carbons (Fsp3) is 0.348. The highest BCUT2D eigenvalue weighted by Crippen LogP contribution is 2.36. The molecule has 1 fully saturated rings. The van der Waals surface area contributed by atoms with Gasteiger partial charge in [-0.15, -0.1) is 10.2 Å². The number of hydrogen-bond acceptors (Lipinski definition) is 5. The second kappa shape index (κ2) is 7.89. The van der Waals surface area contributed by atoms with Crippen LogP contribution in [0.25, 0.3) is 11.4 Å². The lowest BCUT2D eigenvalue weighted by Crippen LogP contribution is -2.52. The Kier molecular flexibility index (Phi) is 5.30. The summed E-state index contributed by atoms with van der Waals surface area (Å²) in [6.07, 6.45) is 5.96. The first-order chi connectivity index (χ1) is 15.2. The number of hydrogen-bond donors (Lipinski definition) is 2. The van der Waals surface area contributed by atoms with Crippen LogP contribution in [-0.2, 0) is 10.2 Å². The number of alkyl halides is 2. The molecule has 2 aromatic carbocycles. The average molecular weight is 547 g/mol. The van der Waals surface area contributed by atoms with Crippen molar-refractivity contribution < 1.29 is 14.0 Å². The van der Waals surface area contributed by atoms with Crippen LogP contribution in [0.15, 0.2) is 60.9 Å². The summed E-state index contributed by atoms with van der Waals surface area (Å²) in [7, 11) is 0. The van der Waals surface area contributed by atoms with Crippen LogP contribution in [0.1, 0.15) is 25.3 Å². The van der Waals surface area contributed by atoms with Crippen LogP contribution in [0.4, 0.5) is 15.8 Å². The molecule has 9 heteroatoms. The van der Waals surface area contributed by atoms with Crippen molar-refractivity contribution in [1.29, 1.82) is 0 Å². The van der Waals surface area contributed by atoms with Crippen molar-refractivity contribution in [2.75, 3.05) is 18.4 Å². The molecule has 2 atom stereocenters. The van der Waals surface area contributed by atoms with E-state index in [4.69, 9.17) is 0 Å². The molecule has 2 N–H and O–H groups in total. The Morgan fingerprint density at radius 1 is 1.22 bits per heavy atom. The Hall–Kier alpha value is -2.37. The van der Waals surface area contributed by atoms with Gasteiger partial charge in [0.05, 0.1) is 13.1 Å². The maximum atomic E-state index is 14.1.